The number of piperidine rings is 1. The van der Waals surface area contributed by atoms with Gasteiger partial charge < -0.3 is 10.0 Å². The zero-order valence-corrected chi connectivity index (χ0v) is 24.1. The second-order valence-corrected chi connectivity index (χ2v) is 11.1. The highest BCUT2D eigenvalue weighted by Gasteiger charge is 2.34. The molecule has 0 aliphatic carbocycles. The van der Waals surface area contributed by atoms with Gasteiger partial charge in [0.2, 0.25) is 0 Å². The fourth-order valence-corrected chi connectivity index (χ4v) is 5.83. The van der Waals surface area contributed by atoms with Crippen molar-refractivity contribution in [1.29, 1.82) is 0 Å². The van der Waals surface area contributed by atoms with Crippen LogP contribution in [0.5, 0.6) is 5.75 Å². The Hall–Kier alpha value is -4.74. The zero-order chi connectivity index (χ0) is 31.3. The largest absolute Gasteiger partial charge is 0.507 e. The van der Waals surface area contributed by atoms with E-state index < -0.39 is 63.6 Å². The van der Waals surface area contributed by atoms with Crippen molar-refractivity contribution < 1.29 is 23.1 Å². The van der Waals surface area contributed by atoms with Gasteiger partial charge in [0, 0.05) is 30.9 Å². The second kappa shape index (κ2) is 11.2. The van der Waals surface area contributed by atoms with Crippen LogP contribution in [0.4, 0.5) is 13.2 Å². The van der Waals surface area contributed by atoms with Crippen molar-refractivity contribution in [3.05, 3.63) is 92.5 Å². The Morgan fingerprint density at radius 1 is 1.14 bits per heavy atom. The summed E-state index contributed by atoms with van der Waals surface area (Å²) in [7, 11) is 0. The molecule has 12 heteroatoms. The highest BCUT2D eigenvalue weighted by Crippen LogP contribution is 2.36. The number of rotatable bonds is 5. The molecule has 224 valence electrons. The molecule has 2 atom stereocenters. The molecule has 1 N–H and O–H groups in total. The van der Waals surface area contributed by atoms with Gasteiger partial charge in [-0.15, -0.1) is 0 Å². The summed E-state index contributed by atoms with van der Waals surface area (Å²) in [4.78, 5) is 50.3. The molecule has 1 aromatic carbocycles. The molecular formula is C31H30F3N5O4. The predicted octanol–water partition coefficient (Wildman–Crippen LogP) is 5.06. The Kier molecular flexibility index (Phi) is 7.72. The quantitative estimate of drug-likeness (QED) is 0.256. The van der Waals surface area contributed by atoms with Crippen LogP contribution in [0.15, 0.2) is 58.5 Å². The number of halogens is 3. The van der Waals surface area contributed by atoms with Crippen molar-refractivity contribution in [2.75, 3.05) is 6.54 Å². The second-order valence-electron chi connectivity index (χ2n) is 11.1. The van der Waals surface area contributed by atoms with Crippen LogP contribution < -0.4 is 11.1 Å². The van der Waals surface area contributed by atoms with E-state index in [-0.39, 0.29) is 42.2 Å². The van der Waals surface area contributed by atoms with Crippen molar-refractivity contribution in [3.8, 4) is 22.7 Å². The van der Waals surface area contributed by atoms with Crippen LogP contribution in [0, 0.1) is 18.6 Å². The normalized spacial score (nSPS) is 17.1. The first kappa shape index (κ1) is 29.7. The van der Waals surface area contributed by atoms with Crippen LogP contribution in [-0.2, 0) is 4.79 Å². The molecule has 1 amide bonds. The zero-order valence-electron chi connectivity index (χ0n) is 24.1. The van der Waals surface area contributed by atoms with Crippen LogP contribution >= 0.6 is 0 Å². The Labute approximate surface area is 244 Å². The molecule has 0 radical (unpaired) electrons. The number of aromatic hydroxyl groups is 1. The molecule has 0 spiro atoms. The lowest BCUT2D eigenvalue weighted by Gasteiger charge is -2.38. The maximum atomic E-state index is 15.8. The molecule has 3 aromatic heterocycles. The molecular weight excluding hydrogens is 563 g/mol. The van der Waals surface area contributed by atoms with Gasteiger partial charge in [0.15, 0.2) is 17.3 Å². The SMILES string of the molecule is C=C(F)C(=O)N1CCC(n2c(=O)c(=O)n(-c3c(C)ccnc3C(C)C)c3nc(-c4c(O)cccc4F)c(F)cc32)C[C@H]1C. The number of amides is 1. The molecule has 1 fully saturated rings. The molecule has 1 saturated heterocycles. The number of likely N-dealkylation sites (tertiary alicyclic amines) is 1. The summed E-state index contributed by atoms with van der Waals surface area (Å²) < 4.78 is 46.6. The van der Waals surface area contributed by atoms with E-state index in [0.29, 0.717) is 11.3 Å². The fraction of sp³-hybridized carbons (Fsp3) is 0.323. The molecule has 0 saturated carbocycles. The molecule has 9 nitrogen and oxygen atoms in total. The van der Waals surface area contributed by atoms with E-state index in [1.54, 1.807) is 26.1 Å². The van der Waals surface area contributed by atoms with E-state index in [2.05, 4.69) is 16.5 Å². The standard InChI is InChI=1S/C31H30F3N5O4/c1-15(2)25-27(16(3)9-11-35-25)39-28-22(14-21(34)26(36-28)24-20(33)7-6-8-23(24)40)38(30(42)31(39)43)19-10-12-37(17(4)13-19)29(41)18(5)32/h6-9,11,14-15,17,19,40H,5,10,12-13H2,1-4H3/t17-,19?/m1/s1. The number of carbonyl (C=O) groups excluding carboxylic acids is 1. The van der Waals surface area contributed by atoms with Gasteiger partial charge in [-0.3, -0.25) is 28.5 Å². The molecule has 43 heavy (non-hydrogen) atoms. The number of phenolic OH excluding ortho intramolecular Hbond substituents is 1. The van der Waals surface area contributed by atoms with Crippen molar-refractivity contribution in [1.82, 2.24) is 24.0 Å². The third-order valence-electron chi connectivity index (χ3n) is 7.87. The molecule has 1 unspecified atom stereocenters. The van der Waals surface area contributed by atoms with Gasteiger partial charge >= 0.3 is 11.1 Å². The summed E-state index contributed by atoms with van der Waals surface area (Å²) >= 11 is 0. The summed E-state index contributed by atoms with van der Waals surface area (Å²) in [6, 6.07) is 4.91. The molecule has 4 heterocycles. The maximum Gasteiger partial charge on any atom is 0.322 e. The van der Waals surface area contributed by atoms with Gasteiger partial charge in [0.1, 0.15) is 17.3 Å². The van der Waals surface area contributed by atoms with E-state index in [1.165, 1.54) is 17.0 Å². The Morgan fingerprint density at radius 2 is 1.86 bits per heavy atom. The number of fused-ring (bicyclic) bond motifs is 1. The first-order chi connectivity index (χ1) is 20.3. The Balaban J connectivity index is 1.85. The maximum absolute atomic E-state index is 15.8. The average Bonchev–Trinajstić information content (AvgIpc) is 2.94. The van der Waals surface area contributed by atoms with E-state index >= 15 is 4.39 Å². The number of nitrogens with zero attached hydrogens (tertiary/aromatic N) is 5. The van der Waals surface area contributed by atoms with Crippen molar-refractivity contribution in [2.45, 2.75) is 58.5 Å². The minimum absolute atomic E-state index is 0.0495. The molecule has 0 bridgehead atoms. The predicted molar refractivity (Wildman–Crippen MR) is 155 cm³/mol. The summed E-state index contributed by atoms with van der Waals surface area (Å²) in [6.07, 6.45) is 1.88. The van der Waals surface area contributed by atoms with Crippen LogP contribution in [0.25, 0.3) is 28.1 Å². The average molecular weight is 594 g/mol. The van der Waals surface area contributed by atoms with Gasteiger partial charge in [-0.05, 0) is 56.4 Å². The first-order valence-corrected chi connectivity index (χ1v) is 13.8. The van der Waals surface area contributed by atoms with Gasteiger partial charge in [0.25, 0.3) is 5.91 Å². The third-order valence-corrected chi connectivity index (χ3v) is 7.87. The van der Waals surface area contributed by atoms with Crippen molar-refractivity contribution >= 4 is 17.1 Å². The first-order valence-electron chi connectivity index (χ1n) is 13.8. The smallest absolute Gasteiger partial charge is 0.322 e. The number of aryl methyl sites for hydroxylation is 1. The van der Waals surface area contributed by atoms with E-state index in [4.69, 9.17) is 0 Å². The van der Waals surface area contributed by atoms with E-state index in [9.17, 15) is 28.3 Å². The number of hydrogen-bond donors (Lipinski definition) is 1. The van der Waals surface area contributed by atoms with Crippen LogP contribution in [0.1, 0.15) is 56.8 Å². The molecule has 4 aromatic rings. The van der Waals surface area contributed by atoms with Crippen LogP contribution in [-0.4, -0.2) is 47.6 Å². The molecule has 1 aliphatic rings. The minimum Gasteiger partial charge on any atom is -0.507 e. The minimum atomic E-state index is -1.11. The van der Waals surface area contributed by atoms with E-state index in [1.807, 2.05) is 13.8 Å². The molecule has 5 rings (SSSR count). The number of aromatic nitrogens is 4. The van der Waals surface area contributed by atoms with Crippen LogP contribution in [0.3, 0.4) is 0 Å². The lowest BCUT2D eigenvalue weighted by atomic mass is 9.97. The summed E-state index contributed by atoms with van der Waals surface area (Å²) in [5, 5.41) is 10.4. The van der Waals surface area contributed by atoms with Gasteiger partial charge in [-0.25, -0.2) is 18.2 Å². The summed E-state index contributed by atoms with van der Waals surface area (Å²) in [5.74, 6) is -4.70. The number of hydrogen-bond acceptors (Lipinski definition) is 6. The third kappa shape index (κ3) is 5.00. The monoisotopic (exact) mass is 593 g/mol. The van der Waals surface area contributed by atoms with Crippen LogP contribution in [0.2, 0.25) is 0 Å². The fourth-order valence-electron chi connectivity index (χ4n) is 5.83. The Morgan fingerprint density at radius 3 is 2.49 bits per heavy atom. The van der Waals surface area contributed by atoms with Gasteiger partial charge in [-0.2, -0.15) is 0 Å². The molecule has 1 aliphatic heterocycles. The number of pyridine rings is 2. The van der Waals surface area contributed by atoms with Crippen molar-refractivity contribution in [3.63, 3.8) is 0 Å². The number of benzene rings is 1. The van der Waals surface area contributed by atoms with Crippen molar-refractivity contribution in [2.24, 2.45) is 0 Å². The summed E-state index contributed by atoms with van der Waals surface area (Å²) in [6.45, 7) is 10.3. The highest BCUT2D eigenvalue weighted by molar-refractivity contribution is 5.91. The number of carbonyl (C=O) groups is 1. The summed E-state index contributed by atoms with van der Waals surface area (Å²) in [5.41, 5.74) is -1.84. The lowest BCUT2D eigenvalue weighted by Crippen LogP contribution is -2.49. The van der Waals surface area contributed by atoms with E-state index in [0.717, 1.165) is 21.3 Å². The van der Waals surface area contributed by atoms with Gasteiger partial charge in [0.05, 0.1) is 22.5 Å². The lowest BCUT2D eigenvalue weighted by molar-refractivity contribution is -0.132. The topological polar surface area (TPSA) is 110 Å². The Bertz CT molecular complexity index is 1900. The number of phenols is 1. The highest BCUT2D eigenvalue weighted by atomic mass is 19.1. The van der Waals surface area contributed by atoms with Gasteiger partial charge in [-0.1, -0.05) is 26.5 Å².